The Balaban J connectivity index is 1.91. The summed E-state index contributed by atoms with van der Waals surface area (Å²) < 4.78 is 5.47. The molecular weight excluding hydrogens is 232 g/mol. The number of rotatable bonds is 0. The van der Waals surface area contributed by atoms with Crippen LogP contribution < -0.4 is 10.6 Å². The van der Waals surface area contributed by atoms with Crippen LogP contribution in [0.4, 0.5) is 0 Å². The summed E-state index contributed by atoms with van der Waals surface area (Å²) in [6.45, 7) is 2.99. The van der Waals surface area contributed by atoms with Crippen molar-refractivity contribution in [3.05, 3.63) is 0 Å². The van der Waals surface area contributed by atoms with Crippen molar-refractivity contribution in [3.8, 4) is 0 Å². The molecule has 2 saturated heterocycles. The Hall–Kier alpha value is -0.940. The zero-order chi connectivity index (χ0) is 12.8. The molecule has 0 aromatic rings. The van der Waals surface area contributed by atoms with Crippen LogP contribution >= 0.6 is 0 Å². The second-order valence-corrected chi connectivity index (χ2v) is 5.32. The lowest BCUT2D eigenvalue weighted by Crippen LogP contribution is -2.66. The molecule has 2 aliphatic heterocycles. The van der Waals surface area contributed by atoms with E-state index >= 15 is 0 Å². The molecule has 0 aromatic heterocycles. The summed E-state index contributed by atoms with van der Waals surface area (Å²) in [5.74, 6) is -0.364. The molecule has 0 saturated carbocycles. The van der Waals surface area contributed by atoms with Crippen LogP contribution in [0, 0.1) is 0 Å². The van der Waals surface area contributed by atoms with Gasteiger partial charge >= 0.3 is 5.97 Å². The highest BCUT2D eigenvalue weighted by Crippen LogP contribution is 2.18. The van der Waals surface area contributed by atoms with Crippen molar-refractivity contribution in [1.82, 2.24) is 10.6 Å². The van der Waals surface area contributed by atoms with Gasteiger partial charge in [0.25, 0.3) is 0 Å². The fourth-order valence-electron chi connectivity index (χ4n) is 2.41. The number of ether oxygens (including phenoxy) is 1. The zero-order valence-corrected chi connectivity index (χ0v) is 10.8. The third-order valence-electron chi connectivity index (χ3n) is 3.57. The summed E-state index contributed by atoms with van der Waals surface area (Å²) in [6.07, 6.45) is 4.65. The van der Waals surface area contributed by atoms with Gasteiger partial charge in [0.1, 0.15) is 17.8 Å². The number of ketones is 1. The average molecular weight is 254 g/mol. The number of carbonyl (C=O) groups is 2. The van der Waals surface area contributed by atoms with E-state index < -0.39 is 5.60 Å². The van der Waals surface area contributed by atoms with Crippen LogP contribution in [0.15, 0.2) is 0 Å². The molecule has 2 aliphatic rings. The Morgan fingerprint density at radius 2 is 1.67 bits per heavy atom. The molecule has 2 heterocycles. The van der Waals surface area contributed by atoms with E-state index in [0.717, 1.165) is 32.2 Å². The molecule has 102 valence electrons. The fourth-order valence-corrected chi connectivity index (χ4v) is 2.41. The first-order valence-corrected chi connectivity index (χ1v) is 6.85. The van der Waals surface area contributed by atoms with Crippen molar-refractivity contribution >= 4 is 11.8 Å². The van der Waals surface area contributed by atoms with Crippen LogP contribution in [0.25, 0.3) is 0 Å². The van der Waals surface area contributed by atoms with Gasteiger partial charge in [-0.3, -0.25) is 9.59 Å². The first kappa shape index (κ1) is 13.5. The number of Topliss-reactive ketones (excluding diaryl/α,β-unsaturated/α-hetero) is 1. The quantitative estimate of drug-likeness (QED) is 0.483. The molecule has 0 atom stereocenters. The molecule has 0 radical (unpaired) electrons. The molecule has 0 amide bonds. The van der Waals surface area contributed by atoms with E-state index in [-0.39, 0.29) is 18.2 Å². The minimum atomic E-state index is -0.425. The van der Waals surface area contributed by atoms with Gasteiger partial charge in [0, 0.05) is 26.1 Å². The first-order valence-electron chi connectivity index (χ1n) is 6.85. The maximum Gasteiger partial charge on any atom is 0.314 e. The van der Waals surface area contributed by atoms with Crippen LogP contribution in [0.2, 0.25) is 0 Å². The maximum atomic E-state index is 11.7. The number of esters is 1. The molecule has 5 heteroatoms. The number of nitrogens with one attached hydrogen (secondary N) is 2. The normalized spacial score (nSPS) is 26.4. The monoisotopic (exact) mass is 254 g/mol. The Labute approximate surface area is 108 Å². The summed E-state index contributed by atoms with van der Waals surface area (Å²) in [4.78, 5) is 23.3. The molecule has 0 bridgehead atoms. The molecule has 0 unspecified atom stereocenters. The zero-order valence-electron chi connectivity index (χ0n) is 10.8. The molecule has 2 fully saturated rings. The molecule has 2 rings (SSSR count). The summed E-state index contributed by atoms with van der Waals surface area (Å²) in [5.41, 5.74) is -0.425. The van der Waals surface area contributed by atoms with Crippen molar-refractivity contribution in [2.24, 2.45) is 0 Å². The van der Waals surface area contributed by atoms with E-state index in [1.165, 1.54) is 0 Å². The van der Waals surface area contributed by atoms with E-state index in [1.807, 2.05) is 0 Å². The number of hydrogen-bond acceptors (Lipinski definition) is 5. The van der Waals surface area contributed by atoms with E-state index in [4.69, 9.17) is 4.74 Å². The van der Waals surface area contributed by atoms with Crippen LogP contribution in [0.1, 0.15) is 38.5 Å². The Bertz CT molecular complexity index is 313. The van der Waals surface area contributed by atoms with E-state index in [0.29, 0.717) is 26.1 Å². The van der Waals surface area contributed by atoms with Crippen LogP contribution in [-0.4, -0.2) is 43.5 Å². The third-order valence-corrected chi connectivity index (χ3v) is 3.57. The summed E-state index contributed by atoms with van der Waals surface area (Å²) in [5, 5.41) is 6.47. The van der Waals surface area contributed by atoms with E-state index in [2.05, 4.69) is 10.6 Å². The Morgan fingerprint density at radius 3 is 2.39 bits per heavy atom. The highest BCUT2D eigenvalue weighted by atomic mass is 16.6. The largest absolute Gasteiger partial charge is 0.455 e. The summed E-state index contributed by atoms with van der Waals surface area (Å²) in [7, 11) is 0. The number of hydrogen-bond donors (Lipinski definition) is 2. The summed E-state index contributed by atoms with van der Waals surface area (Å²) in [6, 6.07) is 0. The highest BCUT2D eigenvalue weighted by Gasteiger charge is 2.40. The predicted molar refractivity (Wildman–Crippen MR) is 67.3 cm³/mol. The SMILES string of the molecule is O=C1CCCCCCNCC2(CNC2)OC(=O)C1. The molecule has 0 aliphatic carbocycles. The van der Waals surface area contributed by atoms with Gasteiger partial charge in [0.05, 0.1) is 0 Å². The highest BCUT2D eigenvalue weighted by molar-refractivity contribution is 5.95. The maximum absolute atomic E-state index is 11.7. The molecule has 0 aromatic carbocycles. The smallest absolute Gasteiger partial charge is 0.314 e. The van der Waals surface area contributed by atoms with Crippen LogP contribution in [-0.2, 0) is 14.3 Å². The van der Waals surface area contributed by atoms with Gasteiger partial charge in [0.15, 0.2) is 0 Å². The third kappa shape index (κ3) is 3.78. The van der Waals surface area contributed by atoms with Crippen molar-refractivity contribution in [3.63, 3.8) is 0 Å². The van der Waals surface area contributed by atoms with E-state index in [9.17, 15) is 9.59 Å². The van der Waals surface area contributed by atoms with Crippen molar-refractivity contribution in [2.45, 2.75) is 44.1 Å². The first-order chi connectivity index (χ1) is 8.70. The lowest BCUT2D eigenvalue weighted by atomic mass is 9.96. The lowest BCUT2D eigenvalue weighted by molar-refractivity contribution is -0.165. The van der Waals surface area contributed by atoms with Gasteiger partial charge in [-0.15, -0.1) is 0 Å². The number of carbonyl (C=O) groups excluding carboxylic acids is 2. The second-order valence-electron chi connectivity index (χ2n) is 5.32. The van der Waals surface area contributed by atoms with Gasteiger partial charge in [-0.1, -0.05) is 12.8 Å². The fraction of sp³-hybridized carbons (Fsp3) is 0.846. The van der Waals surface area contributed by atoms with Gasteiger partial charge < -0.3 is 15.4 Å². The molecule has 5 nitrogen and oxygen atoms in total. The average Bonchev–Trinajstić information content (AvgIpc) is 2.29. The molecule has 2 N–H and O–H groups in total. The van der Waals surface area contributed by atoms with Gasteiger partial charge in [-0.05, 0) is 19.4 Å². The molecule has 18 heavy (non-hydrogen) atoms. The van der Waals surface area contributed by atoms with Crippen molar-refractivity contribution in [1.29, 1.82) is 0 Å². The Morgan fingerprint density at radius 1 is 0.944 bits per heavy atom. The van der Waals surface area contributed by atoms with Gasteiger partial charge in [-0.2, -0.15) is 0 Å². The standard InChI is InChI=1S/C13H22N2O3/c16-11-5-3-1-2-4-6-14-8-13(9-15-10-13)18-12(17)7-11/h14-15H,1-10H2. The topological polar surface area (TPSA) is 67.4 Å². The van der Waals surface area contributed by atoms with Crippen molar-refractivity contribution < 1.29 is 14.3 Å². The molecular formula is C13H22N2O3. The minimum Gasteiger partial charge on any atom is -0.455 e. The summed E-state index contributed by atoms with van der Waals surface area (Å²) >= 11 is 0. The second kappa shape index (κ2) is 6.29. The molecule has 1 spiro atoms. The predicted octanol–water partition coefficient (Wildman–Crippen LogP) is 0.385. The van der Waals surface area contributed by atoms with Crippen LogP contribution in [0.5, 0.6) is 0 Å². The van der Waals surface area contributed by atoms with E-state index in [1.54, 1.807) is 0 Å². The lowest BCUT2D eigenvalue weighted by Gasteiger charge is -2.41. The Kier molecular flexibility index (Phi) is 4.72. The van der Waals surface area contributed by atoms with Crippen molar-refractivity contribution in [2.75, 3.05) is 26.2 Å². The van der Waals surface area contributed by atoms with Crippen LogP contribution in [0.3, 0.4) is 0 Å². The van der Waals surface area contributed by atoms with Gasteiger partial charge in [-0.25, -0.2) is 0 Å². The van der Waals surface area contributed by atoms with Gasteiger partial charge in [0.2, 0.25) is 0 Å². The minimum absolute atomic E-state index is 0.00892.